The Morgan fingerprint density at radius 1 is 1.00 bits per heavy atom. The molecule has 0 atom stereocenters. The molecule has 0 fully saturated rings. The molecule has 5 heteroatoms. The lowest BCUT2D eigenvalue weighted by Crippen LogP contribution is -1.97. The predicted molar refractivity (Wildman–Crippen MR) is 64.3 cm³/mol. The highest BCUT2D eigenvalue weighted by molar-refractivity contribution is 7.99. The summed E-state index contributed by atoms with van der Waals surface area (Å²) in [7, 11) is 0. The molecule has 0 aliphatic rings. The molecule has 0 saturated carbocycles. The summed E-state index contributed by atoms with van der Waals surface area (Å²) in [6, 6.07) is 7.60. The van der Waals surface area contributed by atoms with Crippen LogP contribution in [-0.4, -0.2) is 15.2 Å². The number of nitrogens with two attached hydrogens (primary N) is 1. The van der Waals surface area contributed by atoms with Crippen LogP contribution in [0.4, 0.5) is 5.69 Å². The number of anilines is 1. The molecule has 1 heterocycles. The van der Waals surface area contributed by atoms with Gasteiger partial charge < -0.3 is 5.73 Å². The quantitative estimate of drug-likeness (QED) is 0.804. The van der Waals surface area contributed by atoms with Gasteiger partial charge in [0.15, 0.2) is 0 Å². The van der Waals surface area contributed by atoms with Crippen LogP contribution in [0, 0.1) is 13.8 Å². The van der Waals surface area contributed by atoms with Gasteiger partial charge in [-0.25, -0.2) is 4.98 Å². The smallest absolute Gasteiger partial charge is 0.214 e. The molecule has 0 saturated heterocycles. The van der Waals surface area contributed by atoms with Gasteiger partial charge in [-0.05, 0) is 49.9 Å². The van der Waals surface area contributed by atoms with E-state index in [4.69, 9.17) is 5.73 Å². The van der Waals surface area contributed by atoms with E-state index in [1.165, 1.54) is 11.8 Å². The molecule has 0 unspecified atom stereocenters. The van der Waals surface area contributed by atoms with E-state index in [1.54, 1.807) is 0 Å². The Morgan fingerprint density at radius 2 is 1.69 bits per heavy atom. The number of nitrogens with zero attached hydrogens (tertiary/aromatic N) is 3. The predicted octanol–water partition coefficient (Wildman–Crippen LogP) is 2.22. The molecular formula is C11H12N4S. The number of aryl methyl sites for hydroxylation is 2. The van der Waals surface area contributed by atoms with Gasteiger partial charge in [0.05, 0.1) is 11.4 Å². The molecule has 1 aromatic carbocycles. The lowest BCUT2D eigenvalue weighted by Gasteiger charge is -2.02. The normalized spacial score (nSPS) is 10.4. The second-order valence-electron chi connectivity index (χ2n) is 3.44. The molecule has 82 valence electrons. The Bertz CT molecular complexity index is 496. The van der Waals surface area contributed by atoms with Crippen LogP contribution in [0.3, 0.4) is 0 Å². The van der Waals surface area contributed by atoms with Gasteiger partial charge in [-0.3, -0.25) is 0 Å². The lowest BCUT2D eigenvalue weighted by atomic mass is 10.3. The fourth-order valence-corrected chi connectivity index (χ4v) is 1.87. The number of aromatic nitrogens is 3. The van der Waals surface area contributed by atoms with Crippen LogP contribution in [0.5, 0.6) is 0 Å². The number of rotatable bonds is 2. The lowest BCUT2D eigenvalue weighted by molar-refractivity contribution is 0.789. The van der Waals surface area contributed by atoms with Crippen LogP contribution in [0.2, 0.25) is 0 Å². The monoisotopic (exact) mass is 232 g/mol. The number of hydrogen-bond acceptors (Lipinski definition) is 5. The van der Waals surface area contributed by atoms with Gasteiger partial charge in [-0.15, -0.1) is 5.10 Å². The van der Waals surface area contributed by atoms with Gasteiger partial charge in [0.25, 0.3) is 0 Å². The fourth-order valence-electron chi connectivity index (χ4n) is 1.12. The number of nitrogen functional groups attached to an aromatic ring is 1. The molecule has 2 rings (SSSR count). The Hall–Kier alpha value is -1.62. The largest absolute Gasteiger partial charge is 0.399 e. The molecule has 1 aromatic heterocycles. The first kappa shape index (κ1) is 10.9. The van der Waals surface area contributed by atoms with E-state index in [-0.39, 0.29) is 0 Å². The average molecular weight is 232 g/mol. The summed E-state index contributed by atoms with van der Waals surface area (Å²) in [4.78, 5) is 5.40. The maximum atomic E-state index is 5.61. The summed E-state index contributed by atoms with van der Waals surface area (Å²) in [5.41, 5.74) is 8.14. The summed E-state index contributed by atoms with van der Waals surface area (Å²) in [6.07, 6.45) is 0. The molecule has 0 spiro atoms. The Morgan fingerprint density at radius 3 is 2.31 bits per heavy atom. The van der Waals surface area contributed by atoms with Crippen molar-refractivity contribution in [2.45, 2.75) is 23.9 Å². The van der Waals surface area contributed by atoms with Gasteiger partial charge >= 0.3 is 0 Å². The van der Waals surface area contributed by atoms with Crippen molar-refractivity contribution < 1.29 is 0 Å². The molecule has 0 aliphatic carbocycles. The zero-order valence-corrected chi connectivity index (χ0v) is 9.95. The van der Waals surface area contributed by atoms with Crippen LogP contribution in [0.15, 0.2) is 34.3 Å². The second kappa shape index (κ2) is 4.49. The topological polar surface area (TPSA) is 64.7 Å². The van der Waals surface area contributed by atoms with E-state index < -0.39 is 0 Å². The van der Waals surface area contributed by atoms with Gasteiger partial charge in [-0.2, -0.15) is 5.10 Å². The van der Waals surface area contributed by atoms with Gasteiger partial charge in [0.2, 0.25) is 5.16 Å². The highest BCUT2D eigenvalue weighted by Crippen LogP contribution is 2.24. The number of benzene rings is 1. The summed E-state index contributed by atoms with van der Waals surface area (Å²) >= 11 is 1.48. The minimum atomic E-state index is 0.660. The van der Waals surface area contributed by atoms with Crippen LogP contribution < -0.4 is 5.73 Å². The maximum Gasteiger partial charge on any atom is 0.214 e. The van der Waals surface area contributed by atoms with Gasteiger partial charge in [-0.1, -0.05) is 0 Å². The van der Waals surface area contributed by atoms with Crippen molar-refractivity contribution in [3.8, 4) is 0 Å². The van der Waals surface area contributed by atoms with E-state index in [1.807, 2.05) is 38.1 Å². The molecule has 0 aliphatic heterocycles. The minimum Gasteiger partial charge on any atom is -0.399 e. The third kappa shape index (κ3) is 2.49. The van der Waals surface area contributed by atoms with E-state index in [2.05, 4.69) is 15.2 Å². The van der Waals surface area contributed by atoms with Crippen molar-refractivity contribution in [3.05, 3.63) is 35.7 Å². The van der Waals surface area contributed by atoms with Crippen LogP contribution in [-0.2, 0) is 0 Å². The van der Waals surface area contributed by atoms with Gasteiger partial charge in [0, 0.05) is 10.6 Å². The van der Waals surface area contributed by atoms with Crippen molar-refractivity contribution >= 4 is 17.4 Å². The average Bonchev–Trinajstić information content (AvgIpc) is 2.27. The fraction of sp³-hybridized carbons (Fsp3) is 0.182. The zero-order valence-electron chi connectivity index (χ0n) is 9.14. The van der Waals surface area contributed by atoms with E-state index in [0.717, 1.165) is 22.0 Å². The van der Waals surface area contributed by atoms with Crippen molar-refractivity contribution in [1.29, 1.82) is 0 Å². The Kier molecular flexibility index (Phi) is 3.05. The first-order valence-corrected chi connectivity index (χ1v) is 5.68. The van der Waals surface area contributed by atoms with Crippen molar-refractivity contribution in [1.82, 2.24) is 15.2 Å². The Labute approximate surface area is 98.3 Å². The molecule has 2 N–H and O–H groups in total. The maximum absolute atomic E-state index is 5.61. The molecule has 0 amide bonds. The molecule has 2 aromatic rings. The van der Waals surface area contributed by atoms with Crippen LogP contribution in [0.25, 0.3) is 0 Å². The molecule has 0 radical (unpaired) electrons. The molecule has 16 heavy (non-hydrogen) atoms. The third-order valence-corrected chi connectivity index (χ3v) is 3.03. The van der Waals surface area contributed by atoms with E-state index >= 15 is 0 Å². The molecule has 4 nitrogen and oxygen atoms in total. The third-order valence-electron chi connectivity index (χ3n) is 2.16. The van der Waals surface area contributed by atoms with Crippen molar-refractivity contribution in [2.75, 3.05) is 5.73 Å². The zero-order chi connectivity index (χ0) is 11.5. The van der Waals surface area contributed by atoms with E-state index in [9.17, 15) is 0 Å². The van der Waals surface area contributed by atoms with Gasteiger partial charge in [0.1, 0.15) is 0 Å². The first-order valence-electron chi connectivity index (χ1n) is 4.86. The van der Waals surface area contributed by atoms with Crippen molar-refractivity contribution in [2.24, 2.45) is 0 Å². The van der Waals surface area contributed by atoms with Crippen molar-refractivity contribution in [3.63, 3.8) is 0 Å². The summed E-state index contributed by atoms with van der Waals surface area (Å²) in [6.45, 7) is 3.82. The molecule has 0 bridgehead atoms. The molecular weight excluding hydrogens is 220 g/mol. The first-order chi connectivity index (χ1) is 7.65. The van der Waals surface area contributed by atoms with E-state index in [0.29, 0.717) is 5.16 Å². The highest BCUT2D eigenvalue weighted by Gasteiger charge is 2.03. The number of hydrogen-bond donors (Lipinski definition) is 1. The summed E-state index contributed by atoms with van der Waals surface area (Å²) in [5, 5.41) is 8.72. The second-order valence-corrected chi connectivity index (χ2v) is 4.48. The minimum absolute atomic E-state index is 0.660. The van der Waals surface area contributed by atoms with Crippen LogP contribution >= 0.6 is 11.8 Å². The SMILES string of the molecule is Cc1nnc(Sc2ccc(N)cc2)nc1C. The summed E-state index contributed by atoms with van der Waals surface area (Å²) in [5.74, 6) is 0. The van der Waals surface area contributed by atoms with Crippen LogP contribution in [0.1, 0.15) is 11.4 Å². The highest BCUT2D eigenvalue weighted by atomic mass is 32.2. The summed E-state index contributed by atoms with van der Waals surface area (Å²) < 4.78 is 0. The Balaban J connectivity index is 2.20. The standard InChI is InChI=1S/C11H12N4S/c1-7-8(2)14-15-11(13-7)16-10-5-3-9(12)4-6-10/h3-6H,12H2,1-2H3.